The van der Waals surface area contributed by atoms with Crippen molar-refractivity contribution in [2.75, 3.05) is 19.8 Å². The first-order chi connectivity index (χ1) is 8.50. The van der Waals surface area contributed by atoms with Crippen molar-refractivity contribution in [2.24, 2.45) is 0 Å². The summed E-state index contributed by atoms with van der Waals surface area (Å²) in [6.45, 7) is 2.04. The second-order valence-electron chi connectivity index (χ2n) is 4.43. The van der Waals surface area contributed by atoms with Crippen LogP contribution < -0.4 is 5.73 Å². The van der Waals surface area contributed by atoms with E-state index in [1.807, 2.05) is 31.2 Å². The maximum absolute atomic E-state index is 7.91. The van der Waals surface area contributed by atoms with Gasteiger partial charge in [-0.25, -0.2) is 4.98 Å². The Labute approximate surface area is 106 Å². The van der Waals surface area contributed by atoms with Gasteiger partial charge in [0.25, 0.3) is 0 Å². The topological polar surface area (TPSA) is 70.9 Å². The summed E-state index contributed by atoms with van der Waals surface area (Å²) < 4.78 is 1.78. The lowest BCUT2D eigenvalue weighted by Crippen LogP contribution is -2.23. The number of aromatic nitrogens is 2. The molecular formula is C13H17N5. The first-order valence-electron chi connectivity index (χ1n) is 5.67. The van der Waals surface area contributed by atoms with E-state index in [1.54, 1.807) is 29.9 Å². The number of hydrogen-bond acceptors (Lipinski definition) is 3. The van der Waals surface area contributed by atoms with E-state index < -0.39 is 0 Å². The number of rotatable bonds is 2. The lowest BCUT2D eigenvalue weighted by molar-refractivity contribution is 0.617. The van der Waals surface area contributed by atoms with Crippen LogP contribution in [0.2, 0.25) is 0 Å². The first kappa shape index (κ1) is 12.2. The van der Waals surface area contributed by atoms with Gasteiger partial charge in [0, 0.05) is 19.8 Å². The van der Waals surface area contributed by atoms with Crippen molar-refractivity contribution < 1.29 is 0 Å². The molecule has 0 amide bonds. The smallest absolute Gasteiger partial charge is 0.150 e. The van der Waals surface area contributed by atoms with Crippen LogP contribution in [0.4, 0.5) is 5.82 Å². The maximum Gasteiger partial charge on any atom is 0.150 e. The fourth-order valence-corrected chi connectivity index (χ4v) is 1.66. The van der Waals surface area contributed by atoms with Crippen LogP contribution in [0.5, 0.6) is 0 Å². The Morgan fingerprint density at radius 3 is 2.44 bits per heavy atom. The summed E-state index contributed by atoms with van der Waals surface area (Å²) in [4.78, 5) is 5.89. The number of hydrogen-bond donors (Lipinski definition) is 2. The highest BCUT2D eigenvalue weighted by atomic mass is 15.2. The summed E-state index contributed by atoms with van der Waals surface area (Å²) >= 11 is 0. The summed E-state index contributed by atoms with van der Waals surface area (Å²) in [7, 11) is 3.60. The van der Waals surface area contributed by atoms with E-state index in [0.717, 1.165) is 5.69 Å². The summed E-state index contributed by atoms with van der Waals surface area (Å²) in [5, 5.41) is 7.91. The van der Waals surface area contributed by atoms with Gasteiger partial charge in [0.15, 0.2) is 0 Å². The molecule has 1 heterocycles. The van der Waals surface area contributed by atoms with Crippen LogP contribution in [0.3, 0.4) is 0 Å². The SMILES string of the molecule is Cc1ccc(-n2cnc(C(=N)N(C)C)c2N)cc1. The minimum absolute atomic E-state index is 0.304. The molecule has 0 fully saturated rings. The second kappa shape index (κ2) is 4.52. The van der Waals surface area contributed by atoms with Crippen LogP contribution in [0.25, 0.3) is 5.69 Å². The quantitative estimate of drug-likeness (QED) is 0.622. The van der Waals surface area contributed by atoms with Gasteiger partial charge in [-0.2, -0.15) is 0 Å². The monoisotopic (exact) mass is 243 g/mol. The van der Waals surface area contributed by atoms with Crippen LogP contribution >= 0.6 is 0 Å². The zero-order valence-corrected chi connectivity index (χ0v) is 10.8. The fraction of sp³-hybridized carbons (Fsp3) is 0.231. The lowest BCUT2D eigenvalue weighted by Gasteiger charge is -2.12. The van der Waals surface area contributed by atoms with Crippen molar-refractivity contribution in [1.29, 1.82) is 5.41 Å². The van der Waals surface area contributed by atoms with Gasteiger partial charge >= 0.3 is 0 Å². The molecule has 0 spiro atoms. The van der Waals surface area contributed by atoms with Crippen molar-refractivity contribution in [1.82, 2.24) is 14.5 Å². The first-order valence-corrected chi connectivity index (χ1v) is 5.67. The van der Waals surface area contributed by atoms with E-state index in [2.05, 4.69) is 4.98 Å². The molecular weight excluding hydrogens is 226 g/mol. The lowest BCUT2D eigenvalue weighted by atomic mass is 10.2. The van der Waals surface area contributed by atoms with Gasteiger partial charge in [0.1, 0.15) is 23.7 Å². The number of imidazole rings is 1. The molecule has 0 atom stereocenters. The van der Waals surface area contributed by atoms with E-state index in [9.17, 15) is 0 Å². The predicted octanol–water partition coefficient (Wildman–Crippen LogP) is 1.65. The second-order valence-corrected chi connectivity index (χ2v) is 4.43. The molecule has 0 radical (unpaired) electrons. The van der Waals surface area contributed by atoms with E-state index in [1.165, 1.54) is 5.56 Å². The zero-order chi connectivity index (χ0) is 13.3. The third-order valence-corrected chi connectivity index (χ3v) is 2.79. The van der Waals surface area contributed by atoms with Crippen LogP contribution in [0.15, 0.2) is 30.6 Å². The summed E-state index contributed by atoms with van der Waals surface area (Å²) in [6.07, 6.45) is 1.65. The molecule has 94 valence electrons. The van der Waals surface area contributed by atoms with Crippen molar-refractivity contribution in [3.05, 3.63) is 41.9 Å². The molecule has 18 heavy (non-hydrogen) atoms. The normalized spacial score (nSPS) is 10.4. The number of nitrogens with zero attached hydrogens (tertiary/aromatic N) is 3. The van der Waals surface area contributed by atoms with Gasteiger partial charge in [-0.15, -0.1) is 0 Å². The summed E-state index contributed by atoms with van der Waals surface area (Å²) in [5.74, 6) is 0.788. The molecule has 2 aromatic rings. The largest absolute Gasteiger partial charge is 0.383 e. The number of nitrogens with one attached hydrogen (secondary N) is 1. The number of nitrogens with two attached hydrogens (primary N) is 1. The van der Waals surface area contributed by atoms with E-state index >= 15 is 0 Å². The summed E-state index contributed by atoms with van der Waals surface area (Å²) in [5.41, 5.74) is 8.69. The highest BCUT2D eigenvalue weighted by Crippen LogP contribution is 2.18. The Morgan fingerprint density at radius 2 is 1.89 bits per heavy atom. The highest BCUT2D eigenvalue weighted by Gasteiger charge is 2.14. The molecule has 0 aliphatic rings. The number of benzene rings is 1. The zero-order valence-electron chi connectivity index (χ0n) is 10.8. The molecule has 5 nitrogen and oxygen atoms in total. The van der Waals surface area contributed by atoms with Gasteiger partial charge in [0.2, 0.25) is 0 Å². The average molecular weight is 243 g/mol. The van der Waals surface area contributed by atoms with E-state index in [0.29, 0.717) is 17.3 Å². The fourth-order valence-electron chi connectivity index (χ4n) is 1.66. The summed E-state index contributed by atoms with van der Waals surface area (Å²) in [6, 6.07) is 8.00. The third-order valence-electron chi connectivity index (χ3n) is 2.79. The Hall–Kier alpha value is -2.30. The molecule has 0 saturated heterocycles. The van der Waals surface area contributed by atoms with Crippen LogP contribution in [0.1, 0.15) is 11.3 Å². The molecule has 0 saturated carbocycles. The molecule has 5 heteroatoms. The molecule has 1 aromatic carbocycles. The van der Waals surface area contributed by atoms with Crippen LogP contribution in [-0.2, 0) is 0 Å². The van der Waals surface area contributed by atoms with Gasteiger partial charge < -0.3 is 10.6 Å². The van der Waals surface area contributed by atoms with Crippen molar-refractivity contribution in [3.63, 3.8) is 0 Å². The van der Waals surface area contributed by atoms with E-state index in [4.69, 9.17) is 11.1 Å². The van der Waals surface area contributed by atoms with Gasteiger partial charge in [0.05, 0.1) is 0 Å². The average Bonchev–Trinajstić information content (AvgIpc) is 2.71. The Morgan fingerprint density at radius 1 is 1.28 bits per heavy atom. The Kier molecular flexibility index (Phi) is 3.06. The number of amidine groups is 1. The minimum Gasteiger partial charge on any atom is -0.383 e. The van der Waals surface area contributed by atoms with Crippen molar-refractivity contribution in [2.45, 2.75) is 6.92 Å². The minimum atomic E-state index is 0.304. The molecule has 1 aromatic heterocycles. The molecule has 3 N–H and O–H groups in total. The molecule has 0 aliphatic carbocycles. The molecule has 0 aliphatic heterocycles. The highest BCUT2D eigenvalue weighted by molar-refractivity contribution is 5.98. The number of nitrogen functional groups attached to an aromatic ring is 1. The van der Waals surface area contributed by atoms with Gasteiger partial charge in [-0.1, -0.05) is 17.7 Å². The van der Waals surface area contributed by atoms with Crippen molar-refractivity contribution >= 4 is 11.7 Å². The molecule has 0 unspecified atom stereocenters. The van der Waals surface area contributed by atoms with Gasteiger partial charge in [-0.05, 0) is 19.1 Å². The van der Waals surface area contributed by atoms with E-state index in [-0.39, 0.29) is 0 Å². The van der Waals surface area contributed by atoms with Crippen molar-refractivity contribution in [3.8, 4) is 5.69 Å². The molecule has 0 bridgehead atoms. The standard InChI is InChI=1S/C13H17N5/c1-9-4-6-10(7-5-9)18-8-16-11(13(18)15)12(14)17(2)3/h4-8,14H,15H2,1-3H3. The number of aryl methyl sites for hydroxylation is 1. The third kappa shape index (κ3) is 2.07. The van der Waals surface area contributed by atoms with Crippen LogP contribution in [0, 0.1) is 12.3 Å². The molecule has 2 rings (SSSR count). The Balaban J connectivity index is 2.42. The predicted molar refractivity (Wildman–Crippen MR) is 73.2 cm³/mol. The van der Waals surface area contributed by atoms with Gasteiger partial charge in [-0.3, -0.25) is 9.98 Å². The Bertz CT molecular complexity index is 566. The number of anilines is 1. The van der Waals surface area contributed by atoms with Crippen LogP contribution in [-0.4, -0.2) is 34.4 Å². The maximum atomic E-state index is 7.91.